The number of anilines is 1. The number of nitrogens with zero attached hydrogens (tertiary/aromatic N) is 3. The summed E-state index contributed by atoms with van der Waals surface area (Å²) in [5, 5.41) is 12.5. The fourth-order valence-electron chi connectivity index (χ4n) is 3.13. The number of rotatable bonds is 7. The number of benzene rings is 3. The quantitative estimate of drug-likeness (QED) is 0.431. The molecule has 4 rings (SSSR count). The molecule has 150 valence electrons. The van der Waals surface area contributed by atoms with E-state index in [1.807, 2.05) is 79.7 Å². The number of hydrogen-bond acceptors (Lipinski definition) is 4. The molecule has 0 aliphatic heterocycles. The van der Waals surface area contributed by atoms with Crippen molar-refractivity contribution in [3.05, 3.63) is 96.1 Å². The minimum absolute atomic E-state index is 0.0650. The van der Waals surface area contributed by atoms with Gasteiger partial charge in [0.2, 0.25) is 5.91 Å². The lowest BCUT2D eigenvalue weighted by molar-refractivity contribution is -0.113. The number of aryl methyl sites for hydroxylation is 1. The van der Waals surface area contributed by atoms with Gasteiger partial charge < -0.3 is 5.32 Å². The summed E-state index contributed by atoms with van der Waals surface area (Å²) < 4.78 is 2.07. The van der Waals surface area contributed by atoms with Gasteiger partial charge in [0.05, 0.1) is 12.3 Å². The molecule has 6 heteroatoms. The van der Waals surface area contributed by atoms with Crippen LogP contribution in [0.5, 0.6) is 0 Å². The first-order valence-electron chi connectivity index (χ1n) is 9.71. The van der Waals surface area contributed by atoms with Crippen LogP contribution >= 0.6 is 11.8 Å². The minimum Gasteiger partial charge on any atom is -0.325 e. The van der Waals surface area contributed by atoms with Gasteiger partial charge in [-0.2, -0.15) is 0 Å². The van der Waals surface area contributed by atoms with E-state index in [4.69, 9.17) is 0 Å². The van der Waals surface area contributed by atoms with Gasteiger partial charge in [0.25, 0.3) is 0 Å². The Bertz CT molecular complexity index is 1130. The maximum absolute atomic E-state index is 12.5. The average molecular weight is 415 g/mol. The molecule has 0 bridgehead atoms. The van der Waals surface area contributed by atoms with Crippen LogP contribution < -0.4 is 5.32 Å². The standard InChI is InChI=1S/C24H22N4OS/c1-18-10-8-9-15-21(18)25-22(29)17-30-24-27-26-23(20-13-6-3-7-14-20)28(24)16-19-11-4-2-5-12-19/h2-15H,16-17H2,1H3,(H,25,29). The molecule has 30 heavy (non-hydrogen) atoms. The summed E-state index contributed by atoms with van der Waals surface area (Å²) in [4.78, 5) is 12.5. The van der Waals surface area contributed by atoms with Crippen LogP contribution in [-0.2, 0) is 11.3 Å². The normalized spacial score (nSPS) is 10.7. The molecule has 0 aliphatic carbocycles. The highest BCUT2D eigenvalue weighted by molar-refractivity contribution is 7.99. The summed E-state index contributed by atoms with van der Waals surface area (Å²) in [5.74, 6) is 0.988. The average Bonchev–Trinajstić information content (AvgIpc) is 3.17. The highest BCUT2D eigenvalue weighted by Crippen LogP contribution is 2.25. The smallest absolute Gasteiger partial charge is 0.234 e. The van der Waals surface area contributed by atoms with Crippen molar-refractivity contribution in [1.82, 2.24) is 14.8 Å². The van der Waals surface area contributed by atoms with E-state index in [9.17, 15) is 4.79 Å². The molecular weight excluding hydrogens is 392 g/mol. The summed E-state index contributed by atoms with van der Waals surface area (Å²) in [7, 11) is 0. The monoisotopic (exact) mass is 414 g/mol. The molecule has 3 aromatic carbocycles. The van der Waals surface area contributed by atoms with Crippen molar-refractivity contribution in [2.75, 3.05) is 11.1 Å². The molecule has 0 saturated carbocycles. The lowest BCUT2D eigenvalue weighted by Gasteiger charge is -2.11. The zero-order chi connectivity index (χ0) is 20.8. The molecule has 0 saturated heterocycles. The van der Waals surface area contributed by atoms with E-state index >= 15 is 0 Å². The number of thioether (sulfide) groups is 1. The van der Waals surface area contributed by atoms with Crippen LogP contribution in [0.2, 0.25) is 0 Å². The maximum atomic E-state index is 12.5. The zero-order valence-corrected chi connectivity index (χ0v) is 17.5. The first kappa shape index (κ1) is 19.9. The Morgan fingerprint density at radius 3 is 2.30 bits per heavy atom. The van der Waals surface area contributed by atoms with Gasteiger partial charge in [0.15, 0.2) is 11.0 Å². The fraction of sp³-hybridized carbons (Fsp3) is 0.125. The Labute approximate surface area is 180 Å². The predicted molar refractivity (Wildman–Crippen MR) is 122 cm³/mol. The fourth-order valence-corrected chi connectivity index (χ4v) is 3.87. The second-order valence-electron chi connectivity index (χ2n) is 6.90. The molecule has 5 nitrogen and oxygen atoms in total. The van der Waals surface area contributed by atoms with Crippen LogP contribution in [0.15, 0.2) is 90.1 Å². The van der Waals surface area contributed by atoms with Gasteiger partial charge in [-0.25, -0.2) is 0 Å². The second kappa shape index (κ2) is 9.41. The SMILES string of the molecule is Cc1ccccc1NC(=O)CSc1nnc(-c2ccccc2)n1Cc1ccccc1. The number of hydrogen-bond donors (Lipinski definition) is 1. The van der Waals surface area contributed by atoms with E-state index < -0.39 is 0 Å². The first-order chi connectivity index (χ1) is 14.7. The van der Waals surface area contributed by atoms with Crippen molar-refractivity contribution in [3.63, 3.8) is 0 Å². The Kier molecular flexibility index (Phi) is 6.25. The molecule has 4 aromatic rings. The lowest BCUT2D eigenvalue weighted by atomic mass is 10.2. The van der Waals surface area contributed by atoms with E-state index in [0.29, 0.717) is 6.54 Å². The molecule has 1 heterocycles. The molecule has 0 unspecified atom stereocenters. The summed E-state index contributed by atoms with van der Waals surface area (Å²) in [5.41, 5.74) is 4.02. The number of carbonyl (C=O) groups is 1. The topological polar surface area (TPSA) is 59.8 Å². The highest BCUT2D eigenvalue weighted by atomic mass is 32.2. The minimum atomic E-state index is -0.0650. The van der Waals surface area contributed by atoms with Gasteiger partial charge in [-0.3, -0.25) is 9.36 Å². The van der Waals surface area contributed by atoms with Crippen LogP contribution in [0, 0.1) is 6.92 Å². The molecule has 0 fully saturated rings. The van der Waals surface area contributed by atoms with Crippen LogP contribution in [-0.4, -0.2) is 26.4 Å². The van der Waals surface area contributed by atoms with Crippen molar-refractivity contribution in [2.24, 2.45) is 0 Å². The Balaban J connectivity index is 1.54. The molecule has 0 radical (unpaired) electrons. The Hall–Kier alpha value is -3.38. The lowest BCUT2D eigenvalue weighted by Crippen LogP contribution is -2.15. The third kappa shape index (κ3) is 4.78. The predicted octanol–water partition coefficient (Wildman–Crippen LogP) is 5.03. The van der Waals surface area contributed by atoms with Gasteiger partial charge in [-0.15, -0.1) is 10.2 Å². The first-order valence-corrected chi connectivity index (χ1v) is 10.7. The van der Waals surface area contributed by atoms with Gasteiger partial charge in [0.1, 0.15) is 0 Å². The molecular formula is C24H22N4OS. The van der Waals surface area contributed by atoms with Gasteiger partial charge in [-0.1, -0.05) is 90.6 Å². The highest BCUT2D eigenvalue weighted by Gasteiger charge is 2.16. The van der Waals surface area contributed by atoms with Crippen LogP contribution in [0.4, 0.5) is 5.69 Å². The third-order valence-electron chi connectivity index (χ3n) is 4.68. The van der Waals surface area contributed by atoms with E-state index in [2.05, 4.69) is 32.2 Å². The van der Waals surface area contributed by atoms with Crippen molar-refractivity contribution in [1.29, 1.82) is 0 Å². The van der Waals surface area contributed by atoms with Crippen molar-refractivity contribution in [2.45, 2.75) is 18.6 Å². The number of aromatic nitrogens is 3. The Morgan fingerprint density at radius 2 is 1.57 bits per heavy atom. The zero-order valence-electron chi connectivity index (χ0n) is 16.7. The third-order valence-corrected chi connectivity index (χ3v) is 5.65. The van der Waals surface area contributed by atoms with E-state index in [1.54, 1.807) is 0 Å². The molecule has 1 amide bonds. The summed E-state index contributed by atoms with van der Waals surface area (Å²) in [6, 6.07) is 27.9. The Morgan fingerprint density at radius 1 is 0.900 bits per heavy atom. The van der Waals surface area contributed by atoms with Crippen LogP contribution in [0.3, 0.4) is 0 Å². The number of nitrogens with one attached hydrogen (secondary N) is 1. The largest absolute Gasteiger partial charge is 0.325 e. The number of carbonyl (C=O) groups excluding carboxylic acids is 1. The van der Waals surface area contributed by atoms with Gasteiger partial charge in [-0.05, 0) is 24.1 Å². The summed E-state index contributed by atoms with van der Waals surface area (Å²) in [6.07, 6.45) is 0. The summed E-state index contributed by atoms with van der Waals surface area (Å²) in [6.45, 7) is 2.62. The molecule has 0 aliphatic rings. The number of amides is 1. The number of para-hydroxylation sites is 1. The van der Waals surface area contributed by atoms with Crippen molar-refractivity contribution >= 4 is 23.4 Å². The van der Waals surface area contributed by atoms with E-state index in [0.717, 1.165) is 33.4 Å². The van der Waals surface area contributed by atoms with Crippen molar-refractivity contribution < 1.29 is 4.79 Å². The van der Waals surface area contributed by atoms with Gasteiger partial charge in [0, 0.05) is 11.3 Å². The van der Waals surface area contributed by atoms with Gasteiger partial charge >= 0.3 is 0 Å². The summed E-state index contributed by atoms with van der Waals surface area (Å²) >= 11 is 1.39. The molecule has 0 spiro atoms. The van der Waals surface area contributed by atoms with E-state index in [-0.39, 0.29) is 11.7 Å². The molecule has 1 N–H and O–H groups in total. The van der Waals surface area contributed by atoms with E-state index in [1.165, 1.54) is 11.8 Å². The van der Waals surface area contributed by atoms with Crippen molar-refractivity contribution in [3.8, 4) is 11.4 Å². The van der Waals surface area contributed by atoms with Crippen LogP contribution in [0.1, 0.15) is 11.1 Å². The molecule has 1 aromatic heterocycles. The maximum Gasteiger partial charge on any atom is 0.234 e. The second-order valence-corrected chi connectivity index (χ2v) is 7.84. The van der Waals surface area contributed by atoms with Crippen LogP contribution in [0.25, 0.3) is 11.4 Å². The molecule has 0 atom stereocenters.